The molecule has 0 bridgehead atoms. The fourth-order valence-corrected chi connectivity index (χ4v) is 7.69. The van der Waals surface area contributed by atoms with Crippen LogP contribution in [0.25, 0.3) is 0 Å². The number of nitrogens with zero attached hydrogens (tertiary/aromatic N) is 2. The van der Waals surface area contributed by atoms with E-state index in [1.165, 1.54) is 0 Å². The Labute approximate surface area is 168 Å². The van der Waals surface area contributed by atoms with Crippen LogP contribution in [0.3, 0.4) is 0 Å². The van der Waals surface area contributed by atoms with Crippen LogP contribution < -0.4 is 5.32 Å². The van der Waals surface area contributed by atoms with Gasteiger partial charge in [0.2, 0.25) is 0 Å². The van der Waals surface area contributed by atoms with Gasteiger partial charge in [0.25, 0.3) is 0 Å². The van der Waals surface area contributed by atoms with Crippen LogP contribution in [0.1, 0.15) is 53.4 Å². The zero-order chi connectivity index (χ0) is 20.7. The number of hydrogen-bond donors (Lipinski definition) is 1. The highest BCUT2D eigenvalue weighted by molar-refractivity contribution is 6.70. The van der Waals surface area contributed by atoms with Crippen LogP contribution in [0, 0.1) is 0 Å². The van der Waals surface area contributed by atoms with E-state index in [4.69, 9.17) is 18.8 Å². The minimum absolute atomic E-state index is 0.207. The lowest BCUT2D eigenvalue weighted by atomic mass is 9.97. The van der Waals surface area contributed by atoms with Gasteiger partial charge in [0, 0.05) is 12.8 Å². The molecule has 0 aromatic heterocycles. The van der Waals surface area contributed by atoms with Gasteiger partial charge in [0.05, 0.1) is 23.3 Å². The van der Waals surface area contributed by atoms with Crippen LogP contribution in [0.2, 0.25) is 39.3 Å². The normalized spacial score (nSPS) is 24.8. The third kappa shape index (κ3) is 6.80. The third-order valence-corrected chi connectivity index (χ3v) is 7.24. The molecule has 27 heavy (non-hydrogen) atoms. The summed E-state index contributed by atoms with van der Waals surface area (Å²) in [5.41, 5.74) is -0.415. The fraction of sp³-hybridized carbons (Fsp3) is 0.900. The lowest BCUT2D eigenvalue weighted by Crippen LogP contribution is -2.45. The molecule has 0 saturated carbocycles. The standard InChI is InChI=1S/C20H41N3O2Si2/c1-19(2,24-26(5,6)7)15-11-13-17(21-15)23-18-14-12-16(22-18)20(3,4)25-27(8,9)10/h15-16H,11-14H2,1-10H3,(H,21,22,23)/t15-,16-/m0/s1. The second-order valence-electron chi connectivity index (χ2n) is 11.0. The van der Waals surface area contributed by atoms with Crippen molar-refractivity contribution in [2.45, 2.75) is 116 Å². The van der Waals surface area contributed by atoms with Gasteiger partial charge in [-0.05, 0) is 79.8 Å². The van der Waals surface area contributed by atoms with E-state index in [0.717, 1.165) is 37.4 Å². The number of amidine groups is 2. The van der Waals surface area contributed by atoms with E-state index < -0.39 is 16.6 Å². The maximum Gasteiger partial charge on any atom is 0.184 e. The molecule has 0 aromatic carbocycles. The summed E-state index contributed by atoms with van der Waals surface area (Å²) in [6.45, 7) is 22.2. The topological polar surface area (TPSA) is 55.2 Å². The molecule has 2 atom stereocenters. The molecule has 2 heterocycles. The van der Waals surface area contributed by atoms with Crippen LogP contribution in [0.5, 0.6) is 0 Å². The van der Waals surface area contributed by atoms with E-state index in [9.17, 15) is 0 Å². The molecule has 0 unspecified atom stereocenters. The summed E-state index contributed by atoms with van der Waals surface area (Å²) in [6.07, 6.45) is 4.03. The van der Waals surface area contributed by atoms with Gasteiger partial charge in [-0.15, -0.1) is 0 Å². The Kier molecular flexibility index (Phi) is 6.52. The molecule has 0 amide bonds. The average molecular weight is 412 g/mol. The Balaban J connectivity index is 2.00. The van der Waals surface area contributed by atoms with Crippen molar-refractivity contribution in [1.82, 2.24) is 5.32 Å². The van der Waals surface area contributed by atoms with Crippen LogP contribution >= 0.6 is 0 Å². The summed E-state index contributed by atoms with van der Waals surface area (Å²) in [6, 6.07) is 0.437. The monoisotopic (exact) mass is 411 g/mol. The van der Waals surface area contributed by atoms with Gasteiger partial charge in [-0.25, -0.2) is 0 Å². The first-order valence-corrected chi connectivity index (χ1v) is 17.2. The van der Waals surface area contributed by atoms with Crippen molar-refractivity contribution in [1.29, 1.82) is 0 Å². The van der Waals surface area contributed by atoms with Gasteiger partial charge in [-0.2, -0.15) is 0 Å². The Hall–Kier alpha value is -0.506. The van der Waals surface area contributed by atoms with Crippen molar-refractivity contribution >= 4 is 28.3 Å². The zero-order valence-electron chi connectivity index (χ0n) is 19.2. The first kappa shape index (κ1) is 22.8. The molecule has 156 valence electrons. The summed E-state index contributed by atoms with van der Waals surface area (Å²) in [5.74, 6) is 2.13. The van der Waals surface area contributed by atoms with Crippen LogP contribution in [0.15, 0.2) is 9.98 Å². The molecular formula is C20H41N3O2Si2. The lowest BCUT2D eigenvalue weighted by Gasteiger charge is -2.36. The van der Waals surface area contributed by atoms with Crippen molar-refractivity contribution in [2.24, 2.45) is 9.98 Å². The van der Waals surface area contributed by atoms with E-state index in [-0.39, 0.29) is 23.3 Å². The molecule has 0 radical (unpaired) electrons. The molecule has 0 aliphatic carbocycles. The number of aliphatic imine (C=N–C) groups is 2. The van der Waals surface area contributed by atoms with Gasteiger partial charge < -0.3 is 14.2 Å². The quantitative estimate of drug-likeness (QED) is 0.629. The third-order valence-electron chi connectivity index (χ3n) is 4.96. The van der Waals surface area contributed by atoms with E-state index in [1.54, 1.807) is 0 Å². The molecule has 0 fully saturated rings. The molecule has 2 aliphatic rings. The maximum absolute atomic E-state index is 6.40. The minimum atomic E-state index is -1.59. The van der Waals surface area contributed by atoms with Crippen LogP contribution in [0.4, 0.5) is 0 Å². The first-order valence-electron chi connectivity index (χ1n) is 10.4. The highest BCUT2D eigenvalue weighted by atomic mass is 28.4. The van der Waals surface area contributed by atoms with Crippen molar-refractivity contribution in [3.8, 4) is 0 Å². The Bertz CT molecular complexity index is 549. The number of nitrogens with one attached hydrogen (secondary N) is 1. The van der Waals surface area contributed by atoms with Gasteiger partial charge in [-0.1, -0.05) is 0 Å². The molecule has 2 aliphatic heterocycles. The Morgan fingerprint density at radius 2 is 1.07 bits per heavy atom. The molecule has 5 nitrogen and oxygen atoms in total. The van der Waals surface area contributed by atoms with Crippen molar-refractivity contribution in [3.05, 3.63) is 0 Å². The molecule has 1 N–H and O–H groups in total. The van der Waals surface area contributed by atoms with E-state index >= 15 is 0 Å². The highest BCUT2D eigenvalue weighted by Crippen LogP contribution is 2.31. The summed E-state index contributed by atoms with van der Waals surface area (Å²) >= 11 is 0. The van der Waals surface area contributed by atoms with Crippen LogP contribution in [-0.2, 0) is 8.85 Å². The highest BCUT2D eigenvalue weighted by Gasteiger charge is 2.39. The summed E-state index contributed by atoms with van der Waals surface area (Å²) in [7, 11) is -3.18. The largest absolute Gasteiger partial charge is 0.411 e. The summed E-state index contributed by atoms with van der Waals surface area (Å²) in [4.78, 5) is 9.90. The fourth-order valence-electron chi connectivity index (χ4n) is 4.26. The minimum Gasteiger partial charge on any atom is -0.411 e. The van der Waals surface area contributed by atoms with Gasteiger partial charge >= 0.3 is 0 Å². The molecule has 2 rings (SSSR count). The van der Waals surface area contributed by atoms with Gasteiger partial charge in [0.15, 0.2) is 16.6 Å². The number of rotatable bonds is 6. The smallest absolute Gasteiger partial charge is 0.184 e. The molecule has 0 aromatic rings. The SMILES string of the molecule is CC(C)(O[Si](C)(C)C)[C@@H]1CCC(NC2=N[C@H](C(C)(C)O[Si](C)(C)C)CC2)=N1. The van der Waals surface area contributed by atoms with Gasteiger partial charge in [-0.3, -0.25) is 9.98 Å². The first-order chi connectivity index (χ1) is 12.1. The second kappa shape index (κ2) is 7.73. The molecular weight excluding hydrogens is 370 g/mol. The van der Waals surface area contributed by atoms with E-state index in [2.05, 4.69) is 72.3 Å². The van der Waals surface area contributed by atoms with Crippen molar-refractivity contribution in [3.63, 3.8) is 0 Å². The maximum atomic E-state index is 6.40. The second-order valence-corrected chi connectivity index (χ2v) is 19.9. The Morgan fingerprint density at radius 3 is 1.37 bits per heavy atom. The van der Waals surface area contributed by atoms with E-state index in [0.29, 0.717) is 0 Å². The average Bonchev–Trinajstić information content (AvgIpc) is 3.03. The van der Waals surface area contributed by atoms with Crippen molar-refractivity contribution < 1.29 is 8.85 Å². The number of hydrogen-bond acceptors (Lipinski definition) is 5. The predicted molar refractivity (Wildman–Crippen MR) is 121 cm³/mol. The van der Waals surface area contributed by atoms with Crippen LogP contribution in [-0.4, -0.2) is 51.6 Å². The summed E-state index contributed by atoms with van der Waals surface area (Å²) < 4.78 is 12.8. The summed E-state index contributed by atoms with van der Waals surface area (Å²) in [5, 5.41) is 3.52. The van der Waals surface area contributed by atoms with Crippen molar-refractivity contribution in [2.75, 3.05) is 0 Å². The van der Waals surface area contributed by atoms with E-state index in [1.807, 2.05) is 0 Å². The molecule has 0 saturated heterocycles. The Morgan fingerprint density at radius 1 is 0.741 bits per heavy atom. The predicted octanol–water partition coefficient (Wildman–Crippen LogP) is 4.96. The molecule has 0 spiro atoms. The zero-order valence-corrected chi connectivity index (χ0v) is 21.2. The molecule has 7 heteroatoms. The lowest BCUT2D eigenvalue weighted by molar-refractivity contribution is 0.0727. The van der Waals surface area contributed by atoms with Gasteiger partial charge in [0.1, 0.15) is 11.7 Å².